The van der Waals surface area contributed by atoms with Gasteiger partial charge in [0.1, 0.15) is 79.7 Å². The van der Waals surface area contributed by atoms with Crippen molar-refractivity contribution in [3.05, 3.63) is 158 Å². The summed E-state index contributed by atoms with van der Waals surface area (Å²) in [6, 6.07) is 23.7. The molecule has 6 aromatic rings. The number of aliphatic hydroxyl groups is 3. The predicted molar refractivity (Wildman–Crippen MR) is 353 cm³/mol. The van der Waals surface area contributed by atoms with Gasteiger partial charge in [-0.15, -0.1) is 0 Å². The lowest BCUT2D eigenvalue weighted by Gasteiger charge is -2.29. The first-order valence-corrected chi connectivity index (χ1v) is 33.7. The van der Waals surface area contributed by atoms with Crippen LogP contribution in [-0.4, -0.2) is 73.8 Å². The van der Waals surface area contributed by atoms with Crippen molar-refractivity contribution in [2.45, 2.75) is 70.2 Å². The molecule has 0 bridgehead atoms. The zero-order valence-electron chi connectivity index (χ0n) is 41.0. The summed E-state index contributed by atoms with van der Waals surface area (Å²) in [5, 5.41) is 31.0. The second-order valence-corrected chi connectivity index (χ2v) is 29.9. The molecule has 0 radical (unpaired) electrons. The molecule has 0 aliphatic rings. The lowest BCUT2D eigenvalue weighted by Crippen LogP contribution is -2.26. The molecule has 0 fully saturated rings. The van der Waals surface area contributed by atoms with Gasteiger partial charge in [0.15, 0.2) is 0 Å². The Bertz CT molecular complexity index is 2870. The Kier molecular flexibility index (Phi) is 27.1. The van der Waals surface area contributed by atoms with Gasteiger partial charge in [-0.2, -0.15) is 0 Å². The molecule has 0 saturated carbocycles. The summed E-state index contributed by atoms with van der Waals surface area (Å²) in [4.78, 5) is 0. The van der Waals surface area contributed by atoms with Gasteiger partial charge in [0.25, 0.3) is 0 Å². The van der Waals surface area contributed by atoms with E-state index in [0.717, 1.165) is 81.7 Å². The largest absolute Gasteiger partial charge is 0.494 e. The molecule has 412 valence electrons. The molecule has 23 heteroatoms. The molecule has 0 amide bonds. The van der Waals surface area contributed by atoms with Crippen LogP contribution >= 0.6 is 223 Å². The van der Waals surface area contributed by atoms with E-state index in [9.17, 15) is 15.3 Å². The third kappa shape index (κ3) is 18.1. The first kappa shape index (κ1) is 67.5. The van der Waals surface area contributed by atoms with Gasteiger partial charge in [-0.25, -0.2) is 0 Å². The maximum Gasteiger partial charge on any atom is 0.147 e. The topological polar surface area (TPSA) is 116 Å². The van der Waals surface area contributed by atoms with Crippen LogP contribution in [0.15, 0.2) is 135 Å². The minimum atomic E-state index is -0.932. The number of halogens is 14. The normalized spacial score (nSPS) is 12.8. The van der Waals surface area contributed by atoms with Gasteiger partial charge in [0.05, 0.1) is 66.9 Å². The Morgan fingerprint density at radius 3 is 0.711 bits per heavy atom. The monoisotopic (exact) mass is 1930 g/mol. The summed E-state index contributed by atoms with van der Waals surface area (Å²) in [5.74, 6) is 3.73. The van der Waals surface area contributed by atoms with Crippen molar-refractivity contribution in [1.29, 1.82) is 0 Å². The van der Waals surface area contributed by atoms with Crippen molar-refractivity contribution in [2.24, 2.45) is 0 Å². The lowest BCUT2D eigenvalue weighted by atomic mass is 9.78. The van der Waals surface area contributed by atoms with Gasteiger partial charge in [-0.05, 0) is 293 Å². The van der Waals surface area contributed by atoms with E-state index >= 15 is 0 Å². The molecule has 0 aliphatic carbocycles. The Labute approximate surface area is 561 Å². The van der Waals surface area contributed by atoms with E-state index in [4.69, 9.17) is 28.4 Å². The number of rotatable bonds is 21. The van der Waals surface area contributed by atoms with Crippen molar-refractivity contribution in [3.8, 4) is 34.5 Å². The summed E-state index contributed by atoms with van der Waals surface area (Å²) in [5.41, 5.74) is 3.30. The molecule has 6 aromatic carbocycles. The molecule has 0 spiro atoms. The molecule has 9 nitrogen and oxygen atoms in total. The third-order valence-electron chi connectivity index (χ3n) is 11.6. The average molecular weight is 1950 g/mol. The van der Waals surface area contributed by atoms with Crippen LogP contribution in [0.25, 0.3) is 0 Å². The fourth-order valence-corrected chi connectivity index (χ4v) is 17.8. The third-order valence-corrected chi connectivity index (χ3v) is 19.6. The Balaban J connectivity index is 0.000000611. The van der Waals surface area contributed by atoms with Crippen molar-refractivity contribution < 1.29 is 43.7 Å². The van der Waals surface area contributed by atoms with E-state index < -0.39 is 23.7 Å². The lowest BCUT2D eigenvalue weighted by molar-refractivity contribution is 0.0615. The summed E-state index contributed by atoms with van der Waals surface area (Å²) < 4.78 is 46.3. The van der Waals surface area contributed by atoms with Crippen LogP contribution in [-0.2, 0) is 10.8 Å². The molecule has 3 atom stereocenters. The smallest absolute Gasteiger partial charge is 0.147 e. The van der Waals surface area contributed by atoms with Crippen molar-refractivity contribution in [3.63, 3.8) is 0 Å². The van der Waals surface area contributed by atoms with Crippen LogP contribution in [0, 0.1) is 0 Å². The number of hydrogen-bond donors (Lipinski definition) is 3. The van der Waals surface area contributed by atoms with Gasteiger partial charge < -0.3 is 43.7 Å². The molecule has 0 heterocycles. The molecular weight excluding hydrogens is 1900 g/mol. The van der Waals surface area contributed by atoms with E-state index in [2.05, 4.69) is 263 Å². The van der Waals surface area contributed by atoms with Crippen LogP contribution < -0.4 is 28.4 Å². The van der Waals surface area contributed by atoms with Gasteiger partial charge in [-0.1, -0.05) is 66.5 Å². The zero-order valence-corrected chi connectivity index (χ0v) is 63.2. The highest BCUT2D eigenvalue weighted by Gasteiger charge is 2.30. The summed E-state index contributed by atoms with van der Waals surface area (Å²) in [6.45, 7) is 10.8. The molecule has 76 heavy (non-hydrogen) atoms. The van der Waals surface area contributed by atoms with Gasteiger partial charge in [0.2, 0.25) is 0 Å². The number of methoxy groups -OCH3 is 1. The molecule has 3 unspecified atom stereocenters. The molecular formula is C53H48Br14O9. The molecule has 3 N–H and O–H groups in total. The quantitative estimate of drug-likeness (QED) is 0.0648. The summed E-state index contributed by atoms with van der Waals surface area (Å²) >= 11 is 50.0. The van der Waals surface area contributed by atoms with Crippen molar-refractivity contribution >= 4 is 223 Å². The SMILES string of the molecule is CCC(O)COc1c(Br)cc(Br)cc1Br.COc1c(Br)cc(C(C)(C)c2cc(Br)c(OCC(O)COc3c(Br)cc(C(C)(C)c4cc(Br)c(OCC(O)COc5c(Br)cc(Br)cc5Br)c(Br)c4)cc3Br)c(Br)c2)cc1Br. The summed E-state index contributed by atoms with van der Waals surface area (Å²) in [7, 11) is 1.64. The second kappa shape index (κ2) is 30.5. The Morgan fingerprint density at radius 1 is 0.329 bits per heavy atom. The minimum absolute atomic E-state index is 0.00314. The molecule has 0 saturated heterocycles. The van der Waals surface area contributed by atoms with Crippen molar-refractivity contribution in [2.75, 3.05) is 40.1 Å². The minimum Gasteiger partial charge on any atom is -0.494 e. The zero-order chi connectivity index (χ0) is 56.6. The number of hydrogen-bond acceptors (Lipinski definition) is 9. The van der Waals surface area contributed by atoms with Crippen LogP contribution in [0.1, 0.15) is 63.3 Å². The predicted octanol–water partition coefficient (Wildman–Crippen LogP) is 20.5. The second-order valence-electron chi connectivity index (χ2n) is 17.9. The number of benzene rings is 6. The maximum atomic E-state index is 11.0. The maximum absolute atomic E-state index is 11.0. The van der Waals surface area contributed by atoms with E-state index in [-0.39, 0.29) is 31.8 Å². The van der Waals surface area contributed by atoms with Gasteiger partial charge in [-0.3, -0.25) is 0 Å². The molecule has 6 rings (SSSR count). The molecule has 0 aromatic heterocycles. The highest BCUT2D eigenvalue weighted by Crippen LogP contribution is 2.47. The van der Waals surface area contributed by atoms with Crippen molar-refractivity contribution in [1.82, 2.24) is 0 Å². The summed E-state index contributed by atoms with van der Waals surface area (Å²) in [6.07, 6.45) is -1.56. The van der Waals surface area contributed by atoms with E-state index in [1.165, 1.54) is 0 Å². The van der Waals surface area contributed by atoms with Crippen LogP contribution in [0.5, 0.6) is 34.5 Å². The Morgan fingerprint density at radius 2 is 0.513 bits per heavy atom. The average Bonchev–Trinajstić information content (AvgIpc) is 3.32. The van der Waals surface area contributed by atoms with Gasteiger partial charge >= 0.3 is 0 Å². The standard InChI is InChI=1S/C43H37Br11O7.C10H11Br3O2/c1-42(2,20-6-27(45)37(57-5)28(46)7-20)21-8-29(47)38(30(48)9-21)58-16-25(55)17-59-39-31(49)10-22(11-32(39)50)43(3,4)23-12-33(51)40(34(52)13-23)60-18-26(56)19-61-41-35(53)14-24(44)15-36(41)54;1-2-7(14)5-15-10-8(12)3-6(11)4-9(10)13/h6-15,25-26,55-56H,16-19H2,1-5H3;3-4,7,14H,2,5H2,1H3. The number of ether oxygens (including phenoxy) is 6. The fraction of sp³-hybridized carbons (Fsp3) is 0.321. The molecule has 0 aliphatic heterocycles. The Hall–Kier alpha value is 0.720. The van der Waals surface area contributed by atoms with Crippen LogP contribution in [0.4, 0.5) is 0 Å². The highest BCUT2D eigenvalue weighted by molar-refractivity contribution is 9.13. The highest BCUT2D eigenvalue weighted by atomic mass is 79.9. The van der Waals surface area contributed by atoms with E-state index in [1.54, 1.807) is 7.11 Å². The number of aliphatic hydroxyl groups excluding tert-OH is 3. The first-order chi connectivity index (χ1) is 35.6. The van der Waals surface area contributed by atoms with Crippen LogP contribution in [0.2, 0.25) is 0 Å². The van der Waals surface area contributed by atoms with E-state index in [0.29, 0.717) is 50.7 Å². The fourth-order valence-electron chi connectivity index (χ4n) is 7.07. The van der Waals surface area contributed by atoms with Crippen LogP contribution in [0.3, 0.4) is 0 Å². The first-order valence-electron chi connectivity index (χ1n) is 22.6. The van der Waals surface area contributed by atoms with Gasteiger partial charge in [0, 0.05) is 19.8 Å². The van der Waals surface area contributed by atoms with E-state index in [1.807, 2.05) is 67.6 Å².